The van der Waals surface area contributed by atoms with Gasteiger partial charge in [0.05, 0.1) is 20.8 Å². The maximum absolute atomic E-state index is 13.9. The standard InChI is InChI=1S/C18H16FN3O4/c1-25-13-6-4-12(5-7-13)17-16(18(23)24)20-21-22(17)10-11-3-8-15(26-2)14(19)9-11/h3-9H,10H2,1-2H3,(H,23,24). The van der Waals surface area contributed by atoms with Gasteiger partial charge in [0.15, 0.2) is 17.3 Å². The zero-order valence-corrected chi connectivity index (χ0v) is 14.1. The Hall–Kier alpha value is -3.42. The molecule has 0 aliphatic carbocycles. The summed E-state index contributed by atoms with van der Waals surface area (Å²) in [5, 5.41) is 17.1. The molecule has 0 spiro atoms. The van der Waals surface area contributed by atoms with E-state index in [2.05, 4.69) is 10.3 Å². The molecule has 0 amide bonds. The number of hydrogen-bond acceptors (Lipinski definition) is 5. The fraction of sp³-hybridized carbons (Fsp3) is 0.167. The Morgan fingerprint density at radius 3 is 2.46 bits per heavy atom. The fourth-order valence-electron chi connectivity index (χ4n) is 2.58. The van der Waals surface area contributed by atoms with Crippen molar-refractivity contribution in [3.05, 3.63) is 59.5 Å². The highest BCUT2D eigenvalue weighted by molar-refractivity contribution is 5.92. The molecule has 0 aliphatic rings. The van der Waals surface area contributed by atoms with Crippen molar-refractivity contribution in [3.8, 4) is 22.8 Å². The number of carbonyl (C=O) groups is 1. The Morgan fingerprint density at radius 2 is 1.88 bits per heavy atom. The van der Waals surface area contributed by atoms with Gasteiger partial charge in [-0.3, -0.25) is 0 Å². The lowest BCUT2D eigenvalue weighted by atomic mass is 10.1. The van der Waals surface area contributed by atoms with E-state index in [1.807, 2.05) is 0 Å². The summed E-state index contributed by atoms with van der Waals surface area (Å²) in [7, 11) is 2.93. The van der Waals surface area contributed by atoms with E-state index in [0.717, 1.165) is 0 Å². The zero-order valence-electron chi connectivity index (χ0n) is 14.1. The Morgan fingerprint density at radius 1 is 1.15 bits per heavy atom. The topological polar surface area (TPSA) is 86.5 Å². The van der Waals surface area contributed by atoms with Crippen LogP contribution in [0.25, 0.3) is 11.3 Å². The van der Waals surface area contributed by atoms with Gasteiger partial charge >= 0.3 is 5.97 Å². The maximum atomic E-state index is 13.9. The number of aromatic nitrogens is 3. The molecule has 0 saturated heterocycles. The largest absolute Gasteiger partial charge is 0.497 e. The van der Waals surface area contributed by atoms with Gasteiger partial charge in [0, 0.05) is 5.56 Å². The first kappa shape index (κ1) is 17.4. The van der Waals surface area contributed by atoms with Crippen LogP contribution in [0.3, 0.4) is 0 Å². The lowest BCUT2D eigenvalue weighted by Crippen LogP contribution is -2.06. The van der Waals surface area contributed by atoms with Crippen molar-refractivity contribution in [2.24, 2.45) is 0 Å². The predicted molar refractivity (Wildman–Crippen MR) is 91.0 cm³/mol. The molecule has 2 aromatic carbocycles. The van der Waals surface area contributed by atoms with Crippen molar-refractivity contribution in [1.82, 2.24) is 15.0 Å². The first-order chi connectivity index (χ1) is 12.5. The van der Waals surface area contributed by atoms with Gasteiger partial charge in [0.1, 0.15) is 11.4 Å². The third-order valence-corrected chi connectivity index (χ3v) is 3.85. The van der Waals surface area contributed by atoms with Gasteiger partial charge in [-0.1, -0.05) is 11.3 Å². The molecule has 134 valence electrons. The number of hydrogen-bond donors (Lipinski definition) is 1. The minimum atomic E-state index is -1.19. The smallest absolute Gasteiger partial charge is 0.358 e. The molecule has 1 heterocycles. The summed E-state index contributed by atoms with van der Waals surface area (Å²) >= 11 is 0. The number of ether oxygens (including phenoxy) is 2. The lowest BCUT2D eigenvalue weighted by molar-refractivity contribution is 0.0691. The molecule has 0 radical (unpaired) electrons. The van der Waals surface area contributed by atoms with E-state index in [9.17, 15) is 14.3 Å². The van der Waals surface area contributed by atoms with Crippen LogP contribution in [-0.2, 0) is 6.54 Å². The second-order valence-corrected chi connectivity index (χ2v) is 5.45. The maximum Gasteiger partial charge on any atom is 0.358 e. The molecule has 0 unspecified atom stereocenters. The predicted octanol–water partition coefficient (Wildman–Crippen LogP) is 2.85. The number of methoxy groups -OCH3 is 2. The van der Waals surface area contributed by atoms with Crippen LogP contribution in [0.15, 0.2) is 42.5 Å². The van der Waals surface area contributed by atoms with E-state index in [-0.39, 0.29) is 18.0 Å². The number of carboxylic acid groups (broad SMARTS) is 1. The highest BCUT2D eigenvalue weighted by atomic mass is 19.1. The van der Waals surface area contributed by atoms with Crippen LogP contribution in [-0.4, -0.2) is 40.3 Å². The molecule has 3 aromatic rings. The minimum Gasteiger partial charge on any atom is -0.497 e. The molecule has 0 atom stereocenters. The third kappa shape index (κ3) is 3.34. The number of halogens is 1. The molecule has 8 heteroatoms. The van der Waals surface area contributed by atoms with E-state index < -0.39 is 11.8 Å². The number of aromatic carboxylic acids is 1. The van der Waals surface area contributed by atoms with E-state index >= 15 is 0 Å². The summed E-state index contributed by atoms with van der Waals surface area (Å²) in [6.07, 6.45) is 0. The van der Waals surface area contributed by atoms with Crippen molar-refractivity contribution < 1.29 is 23.8 Å². The zero-order chi connectivity index (χ0) is 18.7. The van der Waals surface area contributed by atoms with Crippen LogP contribution in [0, 0.1) is 5.82 Å². The summed E-state index contributed by atoms with van der Waals surface area (Å²) in [6, 6.07) is 11.4. The summed E-state index contributed by atoms with van der Waals surface area (Å²) in [5.74, 6) is -0.923. The summed E-state index contributed by atoms with van der Waals surface area (Å²) in [6.45, 7) is 0.155. The van der Waals surface area contributed by atoms with E-state index in [4.69, 9.17) is 9.47 Å². The Balaban J connectivity index is 2.02. The molecule has 1 N–H and O–H groups in total. The number of nitrogens with zero attached hydrogens (tertiary/aromatic N) is 3. The highest BCUT2D eigenvalue weighted by Crippen LogP contribution is 2.26. The second kappa shape index (κ2) is 7.22. The van der Waals surface area contributed by atoms with E-state index in [1.54, 1.807) is 37.4 Å². The van der Waals surface area contributed by atoms with Crippen LogP contribution in [0.5, 0.6) is 11.5 Å². The highest BCUT2D eigenvalue weighted by Gasteiger charge is 2.21. The lowest BCUT2D eigenvalue weighted by Gasteiger charge is -2.09. The summed E-state index contributed by atoms with van der Waals surface area (Å²) in [5.41, 5.74) is 1.36. The molecule has 1 aromatic heterocycles. The number of rotatable bonds is 6. The molecule has 0 saturated carbocycles. The SMILES string of the molecule is COc1ccc(-c2c(C(=O)O)nnn2Cc2ccc(OC)c(F)c2)cc1. The monoisotopic (exact) mass is 357 g/mol. The van der Waals surface area contributed by atoms with Gasteiger partial charge in [0.2, 0.25) is 0 Å². The van der Waals surface area contributed by atoms with Gasteiger partial charge in [-0.05, 0) is 42.0 Å². The molecule has 0 bridgehead atoms. The van der Waals surface area contributed by atoms with Crippen LogP contribution in [0.1, 0.15) is 16.1 Å². The van der Waals surface area contributed by atoms with Crippen molar-refractivity contribution >= 4 is 5.97 Å². The van der Waals surface area contributed by atoms with Crippen LogP contribution >= 0.6 is 0 Å². The molecule has 26 heavy (non-hydrogen) atoms. The second-order valence-electron chi connectivity index (χ2n) is 5.45. The van der Waals surface area contributed by atoms with Gasteiger partial charge in [-0.2, -0.15) is 0 Å². The van der Waals surface area contributed by atoms with Gasteiger partial charge in [-0.25, -0.2) is 13.9 Å². The van der Waals surface area contributed by atoms with E-state index in [0.29, 0.717) is 22.6 Å². The summed E-state index contributed by atoms with van der Waals surface area (Å²) < 4.78 is 25.4. The quantitative estimate of drug-likeness (QED) is 0.730. The number of benzene rings is 2. The molecule has 0 fully saturated rings. The number of carboxylic acids is 1. The Kier molecular flexibility index (Phi) is 4.83. The molecule has 3 rings (SSSR count). The van der Waals surface area contributed by atoms with Gasteiger partial charge in [-0.15, -0.1) is 5.10 Å². The van der Waals surface area contributed by atoms with Crippen LogP contribution in [0.4, 0.5) is 4.39 Å². The normalized spacial score (nSPS) is 10.6. The fourth-order valence-corrected chi connectivity index (χ4v) is 2.58. The Bertz CT molecular complexity index is 938. The minimum absolute atomic E-state index is 0.133. The van der Waals surface area contributed by atoms with Crippen LogP contribution in [0.2, 0.25) is 0 Å². The van der Waals surface area contributed by atoms with Crippen molar-refractivity contribution in [3.63, 3.8) is 0 Å². The third-order valence-electron chi connectivity index (χ3n) is 3.85. The van der Waals surface area contributed by atoms with Crippen molar-refractivity contribution in [2.45, 2.75) is 6.54 Å². The van der Waals surface area contributed by atoms with Crippen molar-refractivity contribution in [1.29, 1.82) is 0 Å². The summed E-state index contributed by atoms with van der Waals surface area (Å²) in [4.78, 5) is 11.5. The molecule has 7 nitrogen and oxygen atoms in total. The van der Waals surface area contributed by atoms with Crippen LogP contribution < -0.4 is 9.47 Å². The first-order valence-corrected chi connectivity index (χ1v) is 7.67. The average Bonchev–Trinajstić information content (AvgIpc) is 3.06. The van der Waals surface area contributed by atoms with E-state index in [1.165, 1.54) is 23.9 Å². The Labute approximate surface area is 148 Å². The first-order valence-electron chi connectivity index (χ1n) is 7.67. The van der Waals surface area contributed by atoms with Gasteiger partial charge in [0.25, 0.3) is 0 Å². The van der Waals surface area contributed by atoms with Crippen molar-refractivity contribution in [2.75, 3.05) is 14.2 Å². The average molecular weight is 357 g/mol. The van der Waals surface area contributed by atoms with Gasteiger partial charge < -0.3 is 14.6 Å². The molecule has 0 aliphatic heterocycles. The molecular formula is C18H16FN3O4. The molecular weight excluding hydrogens is 341 g/mol.